The van der Waals surface area contributed by atoms with Crippen molar-refractivity contribution in [1.29, 1.82) is 0 Å². The molecule has 1 aromatic carbocycles. The molecule has 0 aliphatic rings. The molecule has 0 fully saturated rings. The van der Waals surface area contributed by atoms with E-state index in [2.05, 4.69) is 4.72 Å². The van der Waals surface area contributed by atoms with E-state index in [0.29, 0.717) is 12.2 Å². The Morgan fingerprint density at radius 1 is 1.36 bits per heavy atom. The third-order valence-electron chi connectivity index (χ3n) is 3.04. The molecule has 0 radical (unpaired) electrons. The Bertz CT molecular complexity index is 698. The van der Waals surface area contributed by atoms with Gasteiger partial charge in [-0.1, -0.05) is 11.6 Å². The van der Waals surface area contributed by atoms with E-state index in [-0.39, 0.29) is 29.0 Å². The van der Waals surface area contributed by atoms with E-state index in [1.807, 2.05) is 0 Å². The number of furan rings is 1. The summed E-state index contributed by atoms with van der Waals surface area (Å²) in [5.41, 5.74) is 0. The van der Waals surface area contributed by atoms with Crippen LogP contribution < -0.4 is 4.72 Å². The van der Waals surface area contributed by atoms with Crippen LogP contribution in [0.5, 0.6) is 0 Å². The van der Waals surface area contributed by atoms with Crippen molar-refractivity contribution >= 4 is 21.6 Å². The Hall–Kier alpha value is -1.41. The smallest absolute Gasteiger partial charge is 0.240 e. The molecule has 2 N–H and O–H groups in total. The van der Waals surface area contributed by atoms with Crippen molar-refractivity contribution in [3.63, 3.8) is 0 Å². The van der Waals surface area contributed by atoms with Crippen molar-refractivity contribution in [2.75, 3.05) is 13.2 Å². The van der Waals surface area contributed by atoms with Gasteiger partial charge in [-0.25, -0.2) is 17.5 Å². The Morgan fingerprint density at radius 3 is 2.73 bits per heavy atom. The second-order valence-electron chi connectivity index (χ2n) is 4.79. The van der Waals surface area contributed by atoms with E-state index >= 15 is 0 Å². The van der Waals surface area contributed by atoms with Crippen molar-refractivity contribution in [1.82, 2.24) is 4.72 Å². The van der Waals surface area contributed by atoms with E-state index < -0.39 is 15.8 Å². The molecule has 0 aliphatic carbocycles. The van der Waals surface area contributed by atoms with E-state index in [4.69, 9.17) is 16.0 Å². The Labute approximate surface area is 132 Å². The van der Waals surface area contributed by atoms with Gasteiger partial charge in [-0.05, 0) is 30.3 Å². The molecule has 0 spiro atoms. The molecule has 2 aromatic rings. The Morgan fingerprint density at radius 2 is 2.14 bits per heavy atom. The zero-order chi connectivity index (χ0) is 16.2. The summed E-state index contributed by atoms with van der Waals surface area (Å²) in [6, 6.07) is 6.52. The second-order valence-corrected chi connectivity index (χ2v) is 6.99. The molecule has 0 unspecified atom stereocenters. The third kappa shape index (κ3) is 4.54. The summed E-state index contributed by atoms with van der Waals surface area (Å²) in [7, 11) is -3.91. The number of benzene rings is 1. The van der Waals surface area contributed by atoms with E-state index in [9.17, 15) is 17.9 Å². The molecule has 1 atom stereocenters. The van der Waals surface area contributed by atoms with Gasteiger partial charge >= 0.3 is 0 Å². The number of nitrogens with one attached hydrogen (secondary N) is 1. The topological polar surface area (TPSA) is 79.5 Å². The molecule has 0 aliphatic heterocycles. The highest BCUT2D eigenvalue weighted by atomic mass is 35.5. The summed E-state index contributed by atoms with van der Waals surface area (Å²) in [5.74, 6) is -0.445. The number of hydrogen-bond acceptors (Lipinski definition) is 4. The van der Waals surface area contributed by atoms with Gasteiger partial charge in [-0.15, -0.1) is 0 Å². The van der Waals surface area contributed by atoms with Crippen LogP contribution in [-0.2, 0) is 16.4 Å². The zero-order valence-electron chi connectivity index (χ0n) is 11.5. The van der Waals surface area contributed by atoms with Crippen LogP contribution in [0, 0.1) is 11.7 Å². The van der Waals surface area contributed by atoms with Crippen molar-refractivity contribution in [2.45, 2.75) is 11.3 Å². The second kappa shape index (κ2) is 7.23. The van der Waals surface area contributed by atoms with Crippen LogP contribution in [0.15, 0.2) is 45.9 Å². The molecule has 1 heterocycles. The molecule has 0 amide bonds. The fourth-order valence-electron chi connectivity index (χ4n) is 1.91. The van der Waals surface area contributed by atoms with Gasteiger partial charge in [-0.2, -0.15) is 0 Å². The highest BCUT2D eigenvalue weighted by Gasteiger charge is 2.19. The lowest BCUT2D eigenvalue weighted by Crippen LogP contribution is -2.32. The first-order chi connectivity index (χ1) is 10.4. The molecule has 0 bridgehead atoms. The average Bonchev–Trinajstić information content (AvgIpc) is 2.95. The van der Waals surface area contributed by atoms with Gasteiger partial charge in [0.05, 0.1) is 11.2 Å². The summed E-state index contributed by atoms with van der Waals surface area (Å²) in [6.45, 7) is -0.221. The van der Waals surface area contributed by atoms with Gasteiger partial charge in [-0.3, -0.25) is 0 Å². The third-order valence-corrected chi connectivity index (χ3v) is 4.66. The minimum atomic E-state index is -3.91. The molecule has 0 saturated carbocycles. The normalized spacial score (nSPS) is 13.2. The lowest BCUT2D eigenvalue weighted by atomic mass is 10.1. The van der Waals surface area contributed by atoms with Crippen LogP contribution in [0.4, 0.5) is 4.39 Å². The highest BCUT2D eigenvalue weighted by molar-refractivity contribution is 7.89. The van der Waals surface area contributed by atoms with Gasteiger partial charge in [0.25, 0.3) is 0 Å². The molecule has 2 rings (SSSR count). The van der Waals surface area contributed by atoms with E-state index in [0.717, 1.165) is 18.2 Å². The molecular weight excluding hydrogens is 333 g/mol. The van der Waals surface area contributed by atoms with Gasteiger partial charge < -0.3 is 9.52 Å². The summed E-state index contributed by atoms with van der Waals surface area (Å²) >= 11 is 5.66. The SMILES string of the molecule is O=S(=O)(NC[C@H](CO)Cc1ccco1)c1cc(F)cc(Cl)c1. The number of sulfonamides is 1. The summed E-state index contributed by atoms with van der Waals surface area (Å²) < 4.78 is 45.0. The van der Waals surface area contributed by atoms with E-state index in [1.54, 1.807) is 12.1 Å². The molecule has 0 saturated heterocycles. The van der Waals surface area contributed by atoms with Gasteiger partial charge in [0.1, 0.15) is 11.6 Å². The molecule has 120 valence electrons. The zero-order valence-corrected chi connectivity index (χ0v) is 13.1. The Kier molecular flexibility index (Phi) is 5.57. The lowest BCUT2D eigenvalue weighted by Gasteiger charge is -2.14. The number of halogens is 2. The number of hydrogen-bond donors (Lipinski definition) is 2. The molecular formula is C14H15ClFNO4S. The monoisotopic (exact) mass is 347 g/mol. The van der Waals surface area contributed by atoms with Crippen LogP contribution in [0.3, 0.4) is 0 Å². The fraction of sp³-hybridized carbons (Fsp3) is 0.286. The first-order valence-electron chi connectivity index (χ1n) is 6.49. The van der Waals surface area contributed by atoms with Crippen LogP contribution >= 0.6 is 11.6 Å². The predicted molar refractivity (Wildman–Crippen MR) is 79.6 cm³/mol. The highest BCUT2D eigenvalue weighted by Crippen LogP contribution is 2.18. The maximum Gasteiger partial charge on any atom is 0.240 e. The number of aliphatic hydroxyl groups excluding tert-OH is 1. The fourth-order valence-corrected chi connectivity index (χ4v) is 3.37. The average molecular weight is 348 g/mol. The first kappa shape index (κ1) is 17.0. The van der Waals surface area contributed by atoms with Crippen molar-refractivity contribution in [3.8, 4) is 0 Å². The van der Waals surface area contributed by atoms with E-state index in [1.165, 1.54) is 6.26 Å². The molecule has 1 aromatic heterocycles. The van der Waals surface area contributed by atoms with Crippen LogP contribution in [0.25, 0.3) is 0 Å². The standard InChI is InChI=1S/C14H15ClFNO4S/c15-11-5-12(16)7-14(6-11)22(19,20)17-8-10(9-18)4-13-2-1-3-21-13/h1-3,5-7,10,17-18H,4,8-9H2/t10-/m1/s1. The van der Waals surface area contributed by atoms with Gasteiger partial charge in [0.15, 0.2) is 0 Å². The van der Waals surface area contributed by atoms with Crippen LogP contribution in [0.2, 0.25) is 5.02 Å². The quantitative estimate of drug-likeness (QED) is 0.804. The van der Waals surface area contributed by atoms with Crippen molar-refractivity contribution < 1.29 is 22.3 Å². The predicted octanol–water partition coefficient (Wildman–Crippen LogP) is 2.20. The van der Waals surface area contributed by atoms with Crippen molar-refractivity contribution in [3.05, 3.63) is 53.2 Å². The number of rotatable bonds is 7. The summed E-state index contributed by atoms with van der Waals surface area (Å²) in [5, 5.41) is 9.32. The minimum Gasteiger partial charge on any atom is -0.469 e. The van der Waals surface area contributed by atoms with Gasteiger partial charge in [0, 0.05) is 30.5 Å². The lowest BCUT2D eigenvalue weighted by molar-refractivity contribution is 0.221. The molecule has 22 heavy (non-hydrogen) atoms. The minimum absolute atomic E-state index is 0.00494. The first-order valence-corrected chi connectivity index (χ1v) is 8.36. The number of aliphatic hydroxyl groups is 1. The maximum atomic E-state index is 13.2. The Balaban J connectivity index is 2.04. The van der Waals surface area contributed by atoms with Crippen LogP contribution in [-0.4, -0.2) is 26.7 Å². The molecule has 5 nitrogen and oxygen atoms in total. The summed E-state index contributed by atoms with van der Waals surface area (Å²) in [6.07, 6.45) is 1.89. The van der Waals surface area contributed by atoms with Crippen molar-refractivity contribution in [2.24, 2.45) is 5.92 Å². The summed E-state index contributed by atoms with van der Waals surface area (Å²) in [4.78, 5) is -0.257. The van der Waals surface area contributed by atoms with Crippen LogP contribution in [0.1, 0.15) is 5.76 Å². The maximum absolute atomic E-state index is 13.2. The van der Waals surface area contributed by atoms with Gasteiger partial charge in [0.2, 0.25) is 10.0 Å². The molecule has 8 heteroatoms. The largest absolute Gasteiger partial charge is 0.469 e.